The van der Waals surface area contributed by atoms with Gasteiger partial charge in [-0.05, 0) is 31.5 Å². The van der Waals surface area contributed by atoms with Crippen molar-refractivity contribution in [3.63, 3.8) is 0 Å². The Morgan fingerprint density at radius 1 is 0.574 bits per heavy atom. The van der Waals surface area contributed by atoms with Gasteiger partial charge in [-0.2, -0.15) is 0 Å². The molecule has 0 radical (unpaired) electrons. The molecule has 1 fully saturated rings. The highest BCUT2D eigenvalue weighted by molar-refractivity contribution is 5.84. The van der Waals surface area contributed by atoms with E-state index in [1.54, 1.807) is 12.1 Å². The first-order valence-corrected chi connectivity index (χ1v) is 28.5. The summed E-state index contributed by atoms with van der Waals surface area (Å²) in [5, 5.41) is 60.6. The molecule has 0 bridgehead atoms. The van der Waals surface area contributed by atoms with Gasteiger partial charge in [0.1, 0.15) is 31.0 Å². The summed E-state index contributed by atoms with van der Waals surface area (Å²) in [4.78, 5) is 16.3. The molecular weight excluding hydrogens is 859 g/mol. The molecule has 0 unspecified atom stereocenters. The average molecular weight is 964 g/mol. The van der Waals surface area contributed by atoms with Gasteiger partial charge in [-0.3, -0.25) is 10.3 Å². The van der Waals surface area contributed by atoms with E-state index in [1.165, 1.54) is 205 Å². The number of hydrogen-bond donors (Lipinski definition) is 7. The maximum absolute atomic E-state index is 12.4. The third kappa shape index (κ3) is 32.1. The van der Waals surface area contributed by atoms with E-state index >= 15 is 0 Å². The Labute approximate surface area is 415 Å². The molecule has 1 aromatic rings. The Hall–Kier alpha value is -1.90. The first-order chi connectivity index (χ1) is 33.3. The molecule has 1 aromatic heterocycles. The van der Waals surface area contributed by atoms with Crippen molar-refractivity contribution < 1.29 is 44.5 Å². The van der Waals surface area contributed by atoms with Crippen LogP contribution in [0.4, 0.5) is 10.5 Å². The summed E-state index contributed by atoms with van der Waals surface area (Å²) >= 11 is 0. The number of hydrogen-bond acceptors (Lipinski definition) is 11. The zero-order valence-electron chi connectivity index (χ0n) is 43.5. The maximum atomic E-state index is 12.4. The quantitative estimate of drug-likeness (QED) is 0.0309. The van der Waals surface area contributed by atoms with Crippen LogP contribution in [0, 0.1) is 0 Å². The lowest BCUT2D eigenvalue weighted by Gasteiger charge is -2.40. The first kappa shape index (κ1) is 62.2. The normalized spacial score (nSPS) is 19.8. The molecule has 68 heavy (non-hydrogen) atoms. The van der Waals surface area contributed by atoms with Crippen molar-refractivity contribution in [2.24, 2.45) is 0 Å². The SMILES string of the molecule is CCCCCCCCCCCCCCCCCCCCCCCCCCN[C@@H](CO[C@H]1O[C@H](COC(=O)Nc2ccncc2)[C@H](O)[C@H](O)[C@H]1O)[C@H](O)[C@H](O)CCCCCCCCCCCCCC. The van der Waals surface area contributed by atoms with E-state index in [4.69, 9.17) is 14.2 Å². The number of carbonyl (C=O) groups excluding carboxylic acids is 1. The second kappa shape index (κ2) is 43.9. The van der Waals surface area contributed by atoms with Gasteiger partial charge in [-0.1, -0.05) is 239 Å². The number of aliphatic hydroxyl groups is 5. The van der Waals surface area contributed by atoms with Gasteiger partial charge in [-0.25, -0.2) is 4.79 Å². The molecule has 1 aliphatic rings. The first-order valence-electron chi connectivity index (χ1n) is 28.5. The van der Waals surface area contributed by atoms with Gasteiger partial charge >= 0.3 is 6.09 Å². The number of carbonyl (C=O) groups is 1. The Morgan fingerprint density at radius 3 is 1.40 bits per heavy atom. The van der Waals surface area contributed by atoms with Crippen molar-refractivity contribution in [3.8, 4) is 0 Å². The standard InChI is InChI=1S/C56H105N3O9/c1-3-5-7-9-11-13-15-17-18-19-20-21-22-23-24-25-26-27-28-30-32-34-36-38-42-58-48(51(61)49(60)39-37-35-33-31-29-16-14-12-10-8-6-4-2)45-66-55-54(64)53(63)52(62)50(68-55)46-67-56(65)59-47-40-43-57-44-41-47/h40-41,43-44,48-55,58,60-64H,3-39,42,45-46H2,1-2H3,(H,57,59,65)/t48-,49+,50+,51-,52-,53-,54+,55-/m0/s1. The van der Waals surface area contributed by atoms with E-state index < -0.39 is 61.7 Å². The Bertz CT molecular complexity index is 1250. The van der Waals surface area contributed by atoms with Crippen molar-refractivity contribution in [2.75, 3.05) is 25.1 Å². The van der Waals surface area contributed by atoms with Gasteiger partial charge in [0.2, 0.25) is 0 Å². The largest absolute Gasteiger partial charge is 0.446 e. The van der Waals surface area contributed by atoms with Gasteiger partial charge in [0.05, 0.1) is 24.9 Å². The fourth-order valence-corrected chi connectivity index (χ4v) is 9.42. The zero-order valence-corrected chi connectivity index (χ0v) is 43.5. The van der Waals surface area contributed by atoms with E-state index in [-0.39, 0.29) is 6.61 Å². The van der Waals surface area contributed by atoms with Gasteiger partial charge in [0.15, 0.2) is 6.29 Å². The fourth-order valence-electron chi connectivity index (χ4n) is 9.42. The van der Waals surface area contributed by atoms with Crippen LogP contribution in [-0.4, -0.2) is 105 Å². The molecule has 0 aliphatic carbocycles. The summed E-state index contributed by atoms with van der Waals surface area (Å²) in [6.07, 6.45) is 40.0. The molecule has 0 aromatic carbocycles. The molecule has 0 saturated carbocycles. The molecule has 1 amide bonds. The second-order valence-corrected chi connectivity index (χ2v) is 20.2. The number of aromatic nitrogens is 1. The van der Waals surface area contributed by atoms with Crippen molar-refractivity contribution in [1.29, 1.82) is 0 Å². The molecule has 398 valence electrons. The number of unbranched alkanes of at least 4 members (excludes halogenated alkanes) is 34. The molecule has 12 nitrogen and oxygen atoms in total. The number of amides is 1. The lowest BCUT2D eigenvalue weighted by molar-refractivity contribution is -0.302. The van der Waals surface area contributed by atoms with Crippen LogP contribution >= 0.6 is 0 Å². The predicted molar refractivity (Wildman–Crippen MR) is 278 cm³/mol. The zero-order chi connectivity index (χ0) is 49.1. The van der Waals surface area contributed by atoms with Crippen LogP contribution in [0.25, 0.3) is 0 Å². The number of nitrogens with zero attached hydrogens (tertiary/aromatic N) is 1. The highest BCUT2D eigenvalue weighted by Crippen LogP contribution is 2.24. The molecule has 2 rings (SSSR count). The van der Waals surface area contributed by atoms with Crippen molar-refractivity contribution in [1.82, 2.24) is 10.3 Å². The van der Waals surface area contributed by atoms with Crippen LogP contribution in [0.2, 0.25) is 0 Å². The molecule has 2 heterocycles. The van der Waals surface area contributed by atoms with Gasteiger partial charge in [0.25, 0.3) is 0 Å². The number of anilines is 1. The number of aliphatic hydroxyl groups excluding tert-OH is 5. The van der Waals surface area contributed by atoms with Crippen molar-refractivity contribution >= 4 is 11.8 Å². The van der Waals surface area contributed by atoms with E-state index in [2.05, 4.69) is 29.5 Å². The minimum Gasteiger partial charge on any atom is -0.446 e. The molecule has 0 spiro atoms. The van der Waals surface area contributed by atoms with Crippen molar-refractivity contribution in [2.45, 2.75) is 300 Å². The maximum Gasteiger partial charge on any atom is 0.411 e. The van der Waals surface area contributed by atoms with Crippen LogP contribution in [0.3, 0.4) is 0 Å². The summed E-state index contributed by atoms with van der Waals surface area (Å²) in [5.74, 6) is 0. The van der Waals surface area contributed by atoms with E-state index in [1.807, 2.05) is 0 Å². The van der Waals surface area contributed by atoms with Gasteiger partial charge in [0, 0.05) is 18.1 Å². The summed E-state index contributed by atoms with van der Waals surface area (Å²) in [6, 6.07) is 2.51. The summed E-state index contributed by atoms with van der Waals surface area (Å²) in [5.41, 5.74) is 0.468. The molecule has 1 aliphatic heterocycles. The fraction of sp³-hybridized carbons (Fsp3) is 0.893. The van der Waals surface area contributed by atoms with Crippen LogP contribution in [0.15, 0.2) is 24.5 Å². The highest BCUT2D eigenvalue weighted by Gasteiger charge is 2.45. The Balaban J connectivity index is 1.67. The summed E-state index contributed by atoms with van der Waals surface area (Å²) in [6.45, 7) is 4.61. The topological polar surface area (TPSA) is 183 Å². The number of ether oxygens (including phenoxy) is 3. The molecule has 12 heteroatoms. The Morgan fingerprint density at radius 2 is 0.971 bits per heavy atom. The number of rotatable bonds is 47. The Kier molecular flexibility index (Phi) is 40.1. The monoisotopic (exact) mass is 964 g/mol. The predicted octanol–water partition coefficient (Wildman–Crippen LogP) is 12.6. The summed E-state index contributed by atoms with van der Waals surface area (Å²) < 4.78 is 17.0. The van der Waals surface area contributed by atoms with Crippen LogP contribution in [0.5, 0.6) is 0 Å². The number of nitrogens with one attached hydrogen (secondary N) is 2. The lowest BCUT2D eigenvalue weighted by Crippen LogP contribution is -2.60. The molecule has 8 atom stereocenters. The van der Waals surface area contributed by atoms with E-state index in [9.17, 15) is 30.3 Å². The van der Waals surface area contributed by atoms with Gasteiger partial charge < -0.3 is 45.1 Å². The smallest absolute Gasteiger partial charge is 0.411 e. The third-order valence-electron chi connectivity index (χ3n) is 14.0. The minimum atomic E-state index is -1.63. The third-order valence-corrected chi connectivity index (χ3v) is 14.0. The number of pyridine rings is 1. The molecule has 7 N–H and O–H groups in total. The van der Waals surface area contributed by atoms with Crippen LogP contribution < -0.4 is 10.6 Å². The summed E-state index contributed by atoms with van der Waals surface area (Å²) in [7, 11) is 0. The van der Waals surface area contributed by atoms with Gasteiger partial charge in [-0.15, -0.1) is 0 Å². The van der Waals surface area contributed by atoms with E-state index in [0.29, 0.717) is 18.7 Å². The highest BCUT2D eigenvalue weighted by atomic mass is 16.7. The minimum absolute atomic E-state index is 0.128. The molecule has 1 saturated heterocycles. The lowest BCUT2D eigenvalue weighted by atomic mass is 9.98. The van der Waals surface area contributed by atoms with Crippen LogP contribution in [0.1, 0.15) is 251 Å². The van der Waals surface area contributed by atoms with Crippen LogP contribution in [-0.2, 0) is 14.2 Å². The molecular formula is C56H105N3O9. The average Bonchev–Trinajstić information content (AvgIpc) is 3.34. The van der Waals surface area contributed by atoms with Crippen molar-refractivity contribution in [3.05, 3.63) is 24.5 Å². The second-order valence-electron chi connectivity index (χ2n) is 20.2. The van der Waals surface area contributed by atoms with E-state index in [0.717, 1.165) is 38.5 Å².